The van der Waals surface area contributed by atoms with Crippen LogP contribution < -0.4 is 0 Å². The predicted molar refractivity (Wildman–Crippen MR) is 81.1 cm³/mol. The van der Waals surface area contributed by atoms with Crippen molar-refractivity contribution in [2.75, 3.05) is 0 Å². The van der Waals surface area contributed by atoms with Crippen LogP contribution in [0.3, 0.4) is 0 Å². The summed E-state index contributed by atoms with van der Waals surface area (Å²) in [5.41, 5.74) is 4.80. The number of hydrogen-bond acceptors (Lipinski definition) is 0. The highest BCUT2D eigenvalue weighted by Gasteiger charge is 2.11. The van der Waals surface area contributed by atoms with Crippen LogP contribution in [-0.4, -0.2) is 0 Å². The summed E-state index contributed by atoms with van der Waals surface area (Å²) < 4.78 is 0. The van der Waals surface area contributed by atoms with Gasteiger partial charge in [-0.3, -0.25) is 0 Å². The number of benzene rings is 2. The molecule has 19 heavy (non-hydrogen) atoms. The largest absolute Gasteiger partial charge is 0.0843 e. The standard InChI is InChI=1S/C18H13Cl/c19-18-11-8-14(9-12-18)7-10-16-3-1-2-4-17(16)13-15-5-6-15/h1-4,8-9,11-13H,5-6H2. The zero-order valence-electron chi connectivity index (χ0n) is 10.5. The molecule has 0 saturated heterocycles. The van der Waals surface area contributed by atoms with E-state index in [2.05, 4.69) is 36.1 Å². The van der Waals surface area contributed by atoms with Crippen molar-refractivity contribution in [3.8, 4) is 11.8 Å². The van der Waals surface area contributed by atoms with Crippen molar-refractivity contribution < 1.29 is 0 Å². The van der Waals surface area contributed by atoms with Gasteiger partial charge in [-0.1, -0.05) is 53.3 Å². The lowest BCUT2D eigenvalue weighted by molar-refractivity contribution is 1.50. The summed E-state index contributed by atoms with van der Waals surface area (Å²) in [4.78, 5) is 0. The molecule has 0 atom stereocenters. The minimum Gasteiger partial charge on any atom is -0.0843 e. The molecule has 1 aliphatic carbocycles. The molecule has 0 bridgehead atoms. The molecular weight excluding hydrogens is 252 g/mol. The number of halogens is 1. The third kappa shape index (κ3) is 3.28. The Morgan fingerprint density at radius 1 is 0.895 bits per heavy atom. The summed E-state index contributed by atoms with van der Waals surface area (Å²) in [5, 5.41) is 0.740. The van der Waals surface area contributed by atoms with Crippen molar-refractivity contribution in [1.82, 2.24) is 0 Å². The van der Waals surface area contributed by atoms with Crippen LogP contribution in [0.1, 0.15) is 29.5 Å². The molecule has 0 amide bonds. The van der Waals surface area contributed by atoms with Gasteiger partial charge in [0.25, 0.3) is 0 Å². The summed E-state index contributed by atoms with van der Waals surface area (Å²) in [6.45, 7) is 0. The Labute approximate surface area is 118 Å². The van der Waals surface area contributed by atoms with E-state index in [0.717, 1.165) is 16.1 Å². The molecule has 0 nitrogen and oxygen atoms in total. The topological polar surface area (TPSA) is 0 Å². The third-order valence-electron chi connectivity index (χ3n) is 3.04. The van der Waals surface area contributed by atoms with Crippen LogP contribution in [0.5, 0.6) is 0 Å². The molecule has 0 heterocycles. The van der Waals surface area contributed by atoms with E-state index in [4.69, 9.17) is 11.6 Å². The van der Waals surface area contributed by atoms with Crippen LogP contribution in [0.4, 0.5) is 0 Å². The molecule has 1 fully saturated rings. The average molecular weight is 265 g/mol. The van der Waals surface area contributed by atoms with Crippen LogP contribution in [0.2, 0.25) is 5.02 Å². The lowest BCUT2D eigenvalue weighted by atomic mass is 10.1. The van der Waals surface area contributed by atoms with Crippen LogP contribution in [-0.2, 0) is 0 Å². The maximum absolute atomic E-state index is 5.86. The van der Waals surface area contributed by atoms with Crippen LogP contribution >= 0.6 is 11.6 Å². The minimum absolute atomic E-state index is 0.740. The van der Waals surface area contributed by atoms with Gasteiger partial charge in [-0.05, 0) is 48.7 Å². The first kappa shape index (κ1) is 12.1. The van der Waals surface area contributed by atoms with Crippen molar-refractivity contribution >= 4 is 17.7 Å². The highest BCUT2D eigenvalue weighted by atomic mass is 35.5. The van der Waals surface area contributed by atoms with Crippen molar-refractivity contribution in [3.05, 3.63) is 75.8 Å². The Hall–Kier alpha value is -1.97. The quantitative estimate of drug-likeness (QED) is 0.642. The zero-order chi connectivity index (χ0) is 13.1. The number of rotatable bonds is 1. The normalized spacial score (nSPS) is 12.6. The van der Waals surface area contributed by atoms with Crippen molar-refractivity contribution in [2.24, 2.45) is 0 Å². The molecular formula is C18H13Cl. The smallest absolute Gasteiger partial charge is 0.0406 e. The molecule has 0 aromatic heterocycles. The Bertz CT molecular complexity index is 676. The second-order valence-corrected chi connectivity index (χ2v) is 5.08. The molecule has 1 saturated carbocycles. The molecule has 92 valence electrons. The fourth-order valence-electron chi connectivity index (χ4n) is 1.85. The van der Waals surface area contributed by atoms with E-state index in [-0.39, 0.29) is 0 Å². The van der Waals surface area contributed by atoms with Crippen LogP contribution in [0, 0.1) is 11.8 Å². The Morgan fingerprint density at radius 3 is 2.37 bits per heavy atom. The van der Waals surface area contributed by atoms with Gasteiger partial charge in [0, 0.05) is 16.1 Å². The van der Waals surface area contributed by atoms with Gasteiger partial charge in [0.15, 0.2) is 0 Å². The van der Waals surface area contributed by atoms with E-state index in [1.54, 1.807) is 0 Å². The van der Waals surface area contributed by atoms with E-state index >= 15 is 0 Å². The van der Waals surface area contributed by atoms with Gasteiger partial charge in [-0.2, -0.15) is 0 Å². The second kappa shape index (κ2) is 5.34. The van der Waals surface area contributed by atoms with E-state index in [1.165, 1.54) is 24.0 Å². The first-order chi connectivity index (χ1) is 9.31. The first-order valence-corrected chi connectivity index (χ1v) is 6.75. The van der Waals surface area contributed by atoms with Gasteiger partial charge < -0.3 is 0 Å². The molecule has 0 N–H and O–H groups in total. The minimum atomic E-state index is 0.740. The molecule has 3 rings (SSSR count). The molecule has 1 heteroatoms. The van der Waals surface area contributed by atoms with Crippen LogP contribution in [0.25, 0.3) is 6.08 Å². The summed E-state index contributed by atoms with van der Waals surface area (Å²) in [6.07, 6.45) is 4.73. The van der Waals surface area contributed by atoms with E-state index in [0.29, 0.717) is 0 Å². The maximum atomic E-state index is 5.86. The second-order valence-electron chi connectivity index (χ2n) is 4.65. The Balaban J connectivity index is 1.91. The summed E-state index contributed by atoms with van der Waals surface area (Å²) in [5.74, 6) is 6.43. The van der Waals surface area contributed by atoms with Crippen molar-refractivity contribution in [1.29, 1.82) is 0 Å². The molecule has 2 aromatic carbocycles. The molecule has 1 aliphatic rings. The average Bonchev–Trinajstić information content (AvgIpc) is 3.24. The molecule has 0 spiro atoms. The highest BCUT2D eigenvalue weighted by Crippen LogP contribution is 2.30. The van der Waals surface area contributed by atoms with Crippen molar-refractivity contribution in [2.45, 2.75) is 12.8 Å². The monoisotopic (exact) mass is 264 g/mol. The fourth-order valence-corrected chi connectivity index (χ4v) is 1.97. The first-order valence-electron chi connectivity index (χ1n) is 6.37. The Kier molecular flexibility index (Phi) is 3.40. The van der Waals surface area contributed by atoms with Gasteiger partial charge in [0.05, 0.1) is 0 Å². The SMILES string of the molecule is Clc1ccc(C#Cc2ccccc2C=C2CC2)cc1. The van der Waals surface area contributed by atoms with Gasteiger partial charge >= 0.3 is 0 Å². The van der Waals surface area contributed by atoms with Gasteiger partial charge in [-0.25, -0.2) is 0 Å². The number of hydrogen-bond donors (Lipinski definition) is 0. The molecule has 0 aliphatic heterocycles. The van der Waals surface area contributed by atoms with Gasteiger partial charge in [0.1, 0.15) is 0 Å². The Morgan fingerprint density at radius 2 is 1.63 bits per heavy atom. The lowest BCUT2D eigenvalue weighted by Crippen LogP contribution is -1.81. The highest BCUT2D eigenvalue weighted by molar-refractivity contribution is 6.30. The fraction of sp³-hybridized carbons (Fsp3) is 0.111. The van der Waals surface area contributed by atoms with E-state index in [9.17, 15) is 0 Å². The summed E-state index contributed by atoms with van der Waals surface area (Å²) in [6, 6.07) is 15.9. The van der Waals surface area contributed by atoms with Crippen molar-refractivity contribution in [3.63, 3.8) is 0 Å². The van der Waals surface area contributed by atoms with E-state index in [1.807, 2.05) is 30.3 Å². The maximum Gasteiger partial charge on any atom is 0.0406 e. The summed E-state index contributed by atoms with van der Waals surface area (Å²) in [7, 11) is 0. The summed E-state index contributed by atoms with van der Waals surface area (Å²) >= 11 is 5.86. The van der Waals surface area contributed by atoms with Crippen LogP contribution in [0.15, 0.2) is 54.1 Å². The number of allylic oxidation sites excluding steroid dienone is 1. The molecule has 0 radical (unpaired) electrons. The third-order valence-corrected chi connectivity index (χ3v) is 3.30. The van der Waals surface area contributed by atoms with Gasteiger partial charge in [-0.15, -0.1) is 0 Å². The molecule has 2 aromatic rings. The van der Waals surface area contributed by atoms with Gasteiger partial charge in [0.2, 0.25) is 0 Å². The molecule has 0 unspecified atom stereocenters. The van der Waals surface area contributed by atoms with E-state index < -0.39 is 0 Å². The lowest BCUT2D eigenvalue weighted by Gasteiger charge is -1.97. The predicted octanol–water partition coefficient (Wildman–Crippen LogP) is 4.92. The zero-order valence-corrected chi connectivity index (χ0v) is 11.2.